The lowest BCUT2D eigenvalue weighted by Crippen LogP contribution is -2.53. The van der Waals surface area contributed by atoms with Gasteiger partial charge in [0.05, 0.1) is 6.61 Å². The molecule has 5 rings (SSSR count). The van der Waals surface area contributed by atoms with Crippen LogP contribution in [-0.4, -0.2) is 42.7 Å². The van der Waals surface area contributed by atoms with Crippen molar-refractivity contribution in [2.45, 2.75) is 24.5 Å². The molecule has 174 valence electrons. The van der Waals surface area contributed by atoms with E-state index in [1.54, 1.807) is 11.9 Å². The Labute approximate surface area is 207 Å². The lowest BCUT2D eigenvalue weighted by Gasteiger charge is -2.39. The molecule has 7 heteroatoms. The van der Waals surface area contributed by atoms with E-state index in [1.807, 2.05) is 72.8 Å². The molecule has 1 spiro atoms. The number of para-hydroxylation sites is 1. The van der Waals surface area contributed by atoms with Gasteiger partial charge in [-0.3, -0.25) is 4.79 Å². The fraction of sp³-hybridized carbons (Fsp3) is 0.259. The number of halogens is 1. The number of aliphatic imine (C=N–C) groups is 1. The molecular weight excluding hydrogens is 496 g/mol. The molecular formula is C27H25BrN2O4. The van der Waals surface area contributed by atoms with Gasteiger partial charge in [-0.2, -0.15) is 0 Å². The van der Waals surface area contributed by atoms with Gasteiger partial charge in [0, 0.05) is 42.2 Å². The number of hydrogen-bond donors (Lipinski definition) is 1. The summed E-state index contributed by atoms with van der Waals surface area (Å²) in [7, 11) is 1.80. The third-order valence-electron chi connectivity index (χ3n) is 6.30. The summed E-state index contributed by atoms with van der Waals surface area (Å²) in [5.41, 5.74) is 2.55. The van der Waals surface area contributed by atoms with Crippen LogP contribution in [0.1, 0.15) is 29.2 Å². The third-order valence-corrected chi connectivity index (χ3v) is 6.83. The highest BCUT2D eigenvalue weighted by atomic mass is 79.9. The molecule has 0 saturated carbocycles. The van der Waals surface area contributed by atoms with Crippen molar-refractivity contribution >= 4 is 33.4 Å². The van der Waals surface area contributed by atoms with Crippen molar-refractivity contribution < 1.29 is 19.4 Å². The van der Waals surface area contributed by atoms with Crippen molar-refractivity contribution in [3.05, 3.63) is 94.0 Å². The van der Waals surface area contributed by atoms with Gasteiger partial charge in [0.15, 0.2) is 11.6 Å². The van der Waals surface area contributed by atoms with Gasteiger partial charge in [0.25, 0.3) is 5.91 Å². The summed E-state index contributed by atoms with van der Waals surface area (Å²) in [6, 6.07) is 23.3. The van der Waals surface area contributed by atoms with Crippen molar-refractivity contribution in [2.75, 3.05) is 25.2 Å². The van der Waals surface area contributed by atoms with E-state index in [9.17, 15) is 4.79 Å². The Kier molecular flexibility index (Phi) is 6.15. The van der Waals surface area contributed by atoms with Crippen LogP contribution in [0.4, 0.5) is 5.69 Å². The van der Waals surface area contributed by atoms with Crippen LogP contribution >= 0.6 is 15.9 Å². The monoisotopic (exact) mass is 520 g/mol. The molecule has 0 aliphatic carbocycles. The molecule has 2 heterocycles. The minimum absolute atomic E-state index is 0.0851. The van der Waals surface area contributed by atoms with E-state index >= 15 is 0 Å². The minimum atomic E-state index is -1.09. The smallest absolute Gasteiger partial charge is 0.259 e. The molecule has 1 N–H and O–H groups in total. The molecule has 6 nitrogen and oxygen atoms in total. The molecule has 2 aliphatic heterocycles. The number of carbonyl (C=O) groups excluding carboxylic acids is 1. The number of rotatable bonds is 6. The number of benzene rings is 3. The number of ether oxygens (including phenoxy) is 2. The molecule has 0 fully saturated rings. The van der Waals surface area contributed by atoms with E-state index in [1.165, 1.54) is 0 Å². The van der Waals surface area contributed by atoms with Crippen LogP contribution in [0, 0.1) is 0 Å². The molecule has 0 aromatic heterocycles. The zero-order valence-electron chi connectivity index (χ0n) is 18.8. The molecule has 2 atom stereocenters. The maximum atomic E-state index is 13.8. The number of anilines is 1. The largest absolute Gasteiger partial charge is 0.494 e. The minimum Gasteiger partial charge on any atom is -0.494 e. The van der Waals surface area contributed by atoms with Crippen LogP contribution in [0.2, 0.25) is 0 Å². The summed E-state index contributed by atoms with van der Waals surface area (Å²) in [6.07, 6.45) is 0.477. The van der Waals surface area contributed by atoms with Crippen molar-refractivity contribution in [1.82, 2.24) is 0 Å². The predicted octanol–water partition coefficient (Wildman–Crippen LogP) is 4.69. The number of nitrogens with zero attached hydrogens (tertiary/aromatic N) is 2. The van der Waals surface area contributed by atoms with Gasteiger partial charge in [-0.1, -0.05) is 46.3 Å². The van der Waals surface area contributed by atoms with Gasteiger partial charge in [-0.05, 0) is 53.6 Å². The number of likely N-dealkylation sites (N-methyl/N-ethyl adjacent to an activating group) is 1. The van der Waals surface area contributed by atoms with E-state index < -0.39 is 11.6 Å². The van der Waals surface area contributed by atoms with Gasteiger partial charge in [0.1, 0.15) is 5.75 Å². The number of hydrogen-bond acceptors (Lipinski definition) is 5. The Morgan fingerprint density at radius 3 is 2.59 bits per heavy atom. The Balaban J connectivity index is 1.54. The zero-order chi connectivity index (χ0) is 23.7. The summed E-state index contributed by atoms with van der Waals surface area (Å²) in [5, 5.41) is 8.94. The molecule has 3 aromatic carbocycles. The normalized spacial score (nSPS) is 21.3. The lowest BCUT2D eigenvalue weighted by atomic mass is 9.78. The molecule has 34 heavy (non-hydrogen) atoms. The first kappa shape index (κ1) is 22.6. The van der Waals surface area contributed by atoms with E-state index in [0.29, 0.717) is 31.1 Å². The second-order valence-electron chi connectivity index (χ2n) is 8.51. The average Bonchev–Trinajstić information content (AvgIpc) is 3.24. The maximum absolute atomic E-state index is 13.8. The Bertz CT molecular complexity index is 1230. The van der Waals surface area contributed by atoms with Crippen molar-refractivity contribution in [3.63, 3.8) is 0 Å². The van der Waals surface area contributed by atoms with Crippen LogP contribution in [0.25, 0.3) is 0 Å². The van der Waals surface area contributed by atoms with E-state index in [-0.39, 0.29) is 12.5 Å². The summed E-state index contributed by atoms with van der Waals surface area (Å²) in [4.78, 5) is 20.5. The SMILES string of the molecule is CN1C(=O)[C@]2(Cc3ccccc31)N=C(c1ccc(OCCCO)cc1)O[C@@H]2c1ccc(Br)cc1. The fourth-order valence-electron chi connectivity index (χ4n) is 4.58. The number of amides is 1. The van der Waals surface area contributed by atoms with Crippen molar-refractivity contribution in [3.8, 4) is 5.75 Å². The van der Waals surface area contributed by atoms with Crippen molar-refractivity contribution in [1.29, 1.82) is 0 Å². The highest BCUT2D eigenvalue weighted by molar-refractivity contribution is 9.10. The molecule has 0 bridgehead atoms. The number of carbonyl (C=O) groups is 1. The predicted molar refractivity (Wildman–Crippen MR) is 134 cm³/mol. The molecule has 2 aliphatic rings. The topological polar surface area (TPSA) is 71.4 Å². The zero-order valence-corrected chi connectivity index (χ0v) is 20.4. The van der Waals surface area contributed by atoms with Crippen LogP contribution < -0.4 is 9.64 Å². The molecule has 0 unspecified atom stereocenters. The van der Waals surface area contributed by atoms with Crippen LogP contribution in [-0.2, 0) is 16.0 Å². The van der Waals surface area contributed by atoms with Gasteiger partial charge < -0.3 is 19.5 Å². The van der Waals surface area contributed by atoms with Gasteiger partial charge in [-0.25, -0.2) is 4.99 Å². The Hall–Kier alpha value is -3.16. The molecule has 1 amide bonds. The highest BCUT2D eigenvalue weighted by Crippen LogP contribution is 2.47. The number of aliphatic hydroxyl groups is 1. The molecule has 3 aromatic rings. The van der Waals surface area contributed by atoms with Gasteiger partial charge in [-0.15, -0.1) is 0 Å². The first-order chi connectivity index (χ1) is 16.5. The quantitative estimate of drug-likeness (QED) is 0.478. The van der Waals surface area contributed by atoms with E-state index in [4.69, 9.17) is 19.6 Å². The first-order valence-electron chi connectivity index (χ1n) is 11.2. The summed E-state index contributed by atoms with van der Waals surface area (Å²) in [6.45, 7) is 0.538. The second-order valence-corrected chi connectivity index (χ2v) is 9.43. The maximum Gasteiger partial charge on any atom is 0.259 e. The molecule has 0 radical (unpaired) electrons. The van der Waals surface area contributed by atoms with E-state index in [2.05, 4.69) is 15.9 Å². The van der Waals surface area contributed by atoms with Crippen LogP contribution in [0.15, 0.2) is 82.3 Å². The average molecular weight is 521 g/mol. The Morgan fingerprint density at radius 2 is 1.85 bits per heavy atom. The van der Waals surface area contributed by atoms with Crippen molar-refractivity contribution in [2.24, 2.45) is 4.99 Å². The number of fused-ring (bicyclic) bond motifs is 1. The summed E-state index contributed by atoms with van der Waals surface area (Å²) < 4.78 is 13.0. The summed E-state index contributed by atoms with van der Waals surface area (Å²) in [5.74, 6) is 1.06. The van der Waals surface area contributed by atoms with Crippen LogP contribution in [0.3, 0.4) is 0 Å². The number of aliphatic hydroxyl groups excluding tert-OH is 1. The highest BCUT2D eigenvalue weighted by Gasteiger charge is 2.56. The second kappa shape index (κ2) is 9.24. The lowest BCUT2D eigenvalue weighted by molar-refractivity contribution is -0.126. The summed E-state index contributed by atoms with van der Waals surface area (Å²) >= 11 is 3.49. The standard InChI is InChI=1S/C27H25BrN2O4/c1-30-23-6-3-2-5-20(23)17-27(26(30)32)24(18-7-11-21(28)12-8-18)34-25(29-27)19-9-13-22(14-10-19)33-16-4-15-31/h2-3,5-14,24,31H,4,15-17H2,1H3/t24-,27-/m1/s1. The Morgan fingerprint density at radius 1 is 1.12 bits per heavy atom. The molecule has 0 saturated heterocycles. The van der Waals surface area contributed by atoms with Crippen LogP contribution in [0.5, 0.6) is 5.75 Å². The fourth-order valence-corrected chi connectivity index (χ4v) is 4.85. The third kappa shape index (κ3) is 3.99. The van der Waals surface area contributed by atoms with Gasteiger partial charge >= 0.3 is 0 Å². The first-order valence-corrected chi connectivity index (χ1v) is 12.0. The van der Waals surface area contributed by atoms with E-state index in [0.717, 1.165) is 26.9 Å². The van der Waals surface area contributed by atoms with Gasteiger partial charge in [0.2, 0.25) is 5.90 Å².